The highest BCUT2D eigenvalue weighted by atomic mass is 16.5. The molecule has 1 aliphatic heterocycles. The number of anilines is 1. The fourth-order valence-corrected chi connectivity index (χ4v) is 3.91. The van der Waals surface area contributed by atoms with E-state index in [1.807, 2.05) is 7.05 Å². The van der Waals surface area contributed by atoms with Gasteiger partial charge in [0.15, 0.2) is 0 Å². The highest BCUT2D eigenvalue weighted by Gasteiger charge is 2.26. The van der Waals surface area contributed by atoms with E-state index in [2.05, 4.69) is 5.32 Å². The number of nitrogens with two attached hydrogens (primary N) is 1. The molecule has 0 bridgehead atoms. The number of carbonyl (C=O) groups excluding carboxylic acids is 2. The zero-order valence-corrected chi connectivity index (χ0v) is 15.4. The first kappa shape index (κ1) is 18.9. The minimum absolute atomic E-state index is 0.00621. The molecule has 2 atom stereocenters. The Hall–Kier alpha value is -1.92. The molecule has 0 aromatic heterocycles. The highest BCUT2D eigenvalue weighted by molar-refractivity contribution is 5.96. The van der Waals surface area contributed by atoms with Crippen molar-refractivity contribution in [1.29, 1.82) is 0 Å². The van der Waals surface area contributed by atoms with Crippen LogP contribution in [0.1, 0.15) is 48.9 Å². The van der Waals surface area contributed by atoms with Gasteiger partial charge in [-0.25, -0.2) is 0 Å². The number of ether oxygens (including phenoxy) is 1. The van der Waals surface area contributed by atoms with E-state index in [9.17, 15) is 9.59 Å². The molecule has 2 aliphatic rings. The van der Waals surface area contributed by atoms with Crippen LogP contribution in [-0.4, -0.2) is 49.1 Å². The van der Waals surface area contributed by atoms with E-state index in [1.54, 1.807) is 29.2 Å². The number of hydrogen-bond donors (Lipinski definition) is 2. The van der Waals surface area contributed by atoms with Crippen molar-refractivity contribution in [1.82, 2.24) is 4.90 Å². The molecule has 3 rings (SSSR count). The summed E-state index contributed by atoms with van der Waals surface area (Å²) >= 11 is 0. The van der Waals surface area contributed by atoms with Crippen molar-refractivity contribution in [2.75, 3.05) is 25.6 Å². The average molecular weight is 359 g/mol. The number of benzene rings is 1. The summed E-state index contributed by atoms with van der Waals surface area (Å²) in [6.07, 6.45) is 5.36. The van der Waals surface area contributed by atoms with Crippen molar-refractivity contribution in [3.05, 3.63) is 29.8 Å². The quantitative estimate of drug-likeness (QED) is 0.845. The lowest BCUT2D eigenvalue weighted by Crippen LogP contribution is -2.40. The molecule has 3 N–H and O–H groups in total. The Kier molecular flexibility index (Phi) is 6.27. The van der Waals surface area contributed by atoms with Gasteiger partial charge in [-0.3, -0.25) is 9.59 Å². The average Bonchev–Trinajstić information content (AvgIpc) is 3.06. The normalized spacial score (nSPS) is 23.6. The molecule has 26 heavy (non-hydrogen) atoms. The minimum atomic E-state index is -0.00856. The molecule has 6 nitrogen and oxygen atoms in total. The Labute approximate surface area is 155 Å². The van der Waals surface area contributed by atoms with Crippen LogP contribution in [0.4, 0.5) is 5.69 Å². The number of nitrogens with zero attached hydrogens (tertiary/aromatic N) is 1. The van der Waals surface area contributed by atoms with E-state index in [0.717, 1.165) is 32.1 Å². The lowest BCUT2D eigenvalue weighted by atomic mass is 10.00. The number of hydrogen-bond acceptors (Lipinski definition) is 4. The third kappa shape index (κ3) is 4.62. The molecular formula is C20H29N3O3. The summed E-state index contributed by atoms with van der Waals surface area (Å²) in [4.78, 5) is 26.6. The number of rotatable bonds is 5. The largest absolute Gasteiger partial charge is 0.381 e. The fourth-order valence-electron chi connectivity index (χ4n) is 3.91. The van der Waals surface area contributed by atoms with Crippen molar-refractivity contribution in [2.24, 2.45) is 11.7 Å². The van der Waals surface area contributed by atoms with Gasteiger partial charge in [-0.1, -0.05) is 6.42 Å². The van der Waals surface area contributed by atoms with Gasteiger partial charge in [0, 0.05) is 50.0 Å². The first-order valence-corrected chi connectivity index (χ1v) is 9.55. The van der Waals surface area contributed by atoms with Gasteiger partial charge in [0.05, 0.1) is 0 Å². The number of nitrogens with one attached hydrogen (secondary N) is 1. The molecule has 1 heterocycles. The molecule has 1 saturated carbocycles. The molecule has 2 fully saturated rings. The minimum Gasteiger partial charge on any atom is -0.381 e. The number of amides is 2. The van der Waals surface area contributed by atoms with Gasteiger partial charge >= 0.3 is 0 Å². The Balaban J connectivity index is 1.54. The van der Waals surface area contributed by atoms with Gasteiger partial charge in [-0.15, -0.1) is 0 Å². The van der Waals surface area contributed by atoms with Crippen LogP contribution in [0.2, 0.25) is 0 Å². The van der Waals surface area contributed by atoms with Crippen LogP contribution in [0.15, 0.2) is 24.3 Å². The molecular weight excluding hydrogens is 330 g/mol. The third-order valence-electron chi connectivity index (χ3n) is 5.64. The molecule has 1 aromatic carbocycles. The zero-order valence-electron chi connectivity index (χ0n) is 15.4. The lowest BCUT2D eigenvalue weighted by Gasteiger charge is -2.31. The first-order valence-electron chi connectivity index (χ1n) is 9.55. The summed E-state index contributed by atoms with van der Waals surface area (Å²) in [5.74, 6) is 0.279. The third-order valence-corrected chi connectivity index (χ3v) is 5.64. The van der Waals surface area contributed by atoms with Gasteiger partial charge in [-0.2, -0.15) is 0 Å². The van der Waals surface area contributed by atoms with Gasteiger partial charge < -0.3 is 20.7 Å². The zero-order chi connectivity index (χ0) is 18.5. The maximum Gasteiger partial charge on any atom is 0.253 e. The van der Waals surface area contributed by atoms with Crippen molar-refractivity contribution < 1.29 is 14.3 Å². The summed E-state index contributed by atoms with van der Waals surface area (Å²) in [6.45, 7) is 1.41. The molecule has 1 aliphatic carbocycles. The predicted molar refractivity (Wildman–Crippen MR) is 101 cm³/mol. The Bertz CT molecular complexity index is 626. The first-order chi connectivity index (χ1) is 12.5. The van der Waals surface area contributed by atoms with Crippen molar-refractivity contribution in [2.45, 2.75) is 50.6 Å². The van der Waals surface area contributed by atoms with E-state index < -0.39 is 0 Å². The van der Waals surface area contributed by atoms with E-state index in [4.69, 9.17) is 10.5 Å². The second kappa shape index (κ2) is 8.64. The van der Waals surface area contributed by atoms with Crippen LogP contribution in [0.25, 0.3) is 0 Å². The monoisotopic (exact) mass is 359 g/mol. The van der Waals surface area contributed by atoms with Gasteiger partial charge in [0.25, 0.3) is 5.91 Å². The van der Waals surface area contributed by atoms with Crippen molar-refractivity contribution >= 4 is 17.5 Å². The lowest BCUT2D eigenvalue weighted by molar-refractivity contribution is -0.117. The van der Waals surface area contributed by atoms with Crippen LogP contribution in [0, 0.1) is 5.92 Å². The van der Waals surface area contributed by atoms with Crippen LogP contribution in [-0.2, 0) is 9.53 Å². The van der Waals surface area contributed by atoms with E-state index in [-0.39, 0.29) is 29.8 Å². The Morgan fingerprint density at radius 2 is 1.85 bits per heavy atom. The molecule has 6 heteroatoms. The molecule has 0 radical (unpaired) electrons. The fraction of sp³-hybridized carbons (Fsp3) is 0.600. The van der Waals surface area contributed by atoms with Gasteiger partial charge in [-0.05, 0) is 55.9 Å². The molecule has 142 valence electrons. The molecule has 0 unspecified atom stereocenters. The standard InChI is InChI=1S/C20H29N3O3/c1-23(17-9-11-26-12-10-17)20(25)14-5-7-16(8-6-14)22-19(24)13-15-3-2-4-18(15)21/h5-8,15,17-18H,2-4,9-13,21H2,1H3,(H,22,24)/t15-,18+/m0/s1. The SMILES string of the molecule is CN(C(=O)c1ccc(NC(=O)C[C@@H]2CCC[C@H]2N)cc1)C1CCOCC1. The topological polar surface area (TPSA) is 84.7 Å². The van der Waals surface area contributed by atoms with Crippen LogP contribution >= 0.6 is 0 Å². The van der Waals surface area contributed by atoms with E-state index in [0.29, 0.717) is 30.9 Å². The predicted octanol–water partition coefficient (Wildman–Crippen LogP) is 2.39. The van der Waals surface area contributed by atoms with Crippen molar-refractivity contribution in [3.8, 4) is 0 Å². The van der Waals surface area contributed by atoms with Crippen molar-refractivity contribution in [3.63, 3.8) is 0 Å². The second-order valence-electron chi connectivity index (χ2n) is 7.44. The smallest absolute Gasteiger partial charge is 0.253 e. The van der Waals surface area contributed by atoms with Crippen LogP contribution in [0.3, 0.4) is 0 Å². The summed E-state index contributed by atoms with van der Waals surface area (Å²) < 4.78 is 5.36. The molecule has 0 spiro atoms. The Morgan fingerprint density at radius 3 is 2.46 bits per heavy atom. The summed E-state index contributed by atoms with van der Waals surface area (Å²) in [6, 6.07) is 7.49. The highest BCUT2D eigenvalue weighted by Crippen LogP contribution is 2.27. The maximum atomic E-state index is 12.6. The summed E-state index contributed by atoms with van der Waals surface area (Å²) in [5.41, 5.74) is 7.38. The molecule has 1 aromatic rings. The molecule has 2 amide bonds. The molecule has 1 saturated heterocycles. The van der Waals surface area contributed by atoms with E-state index >= 15 is 0 Å². The number of carbonyl (C=O) groups is 2. The van der Waals surface area contributed by atoms with Gasteiger partial charge in [0.2, 0.25) is 5.91 Å². The maximum absolute atomic E-state index is 12.6. The summed E-state index contributed by atoms with van der Waals surface area (Å²) in [5, 5.41) is 2.91. The van der Waals surface area contributed by atoms with E-state index in [1.165, 1.54) is 0 Å². The Morgan fingerprint density at radius 1 is 1.15 bits per heavy atom. The second-order valence-corrected chi connectivity index (χ2v) is 7.44. The summed E-state index contributed by atoms with van der Waals surface area (Å²) in [7, 11) is 1.85. The van der Waals surface area contributed by atoms with Gasteiger partial charge in [0.1, 0.15) is 0 Å². The van der Waals surface area contributed by atoms with Crippen LogP contribution in [0.5, 0.6) is 0 Å². The van der Waals surface area contributed by atoms with Crippen LogP contribution < -0.4 is 11.1 Å².